The second-order valence-corrected chi connectivity index (χ2v) is 3.84. The molecule has 3 nitrogen and oxygen atoms in total. The van der Waals surface area contributed by atoms with Crippen molar-refractivity contribution in [3.63, 3.8) is 0 Å². The van der Waals surface area contributed by atoms with E-state index >= 15 is 0 Å². The number of hydrogen-bond donors (Lipinski definition) is 1. The molecule has 0 radical (unpaired) electrons. The van der Waals surface area contributed by atoms with Gasteiger partial charge in [-0.3, -0.25) is 0 Å². The highest BCUT2D eigenvalue weighted by Crippen LogP contribution is 2.36. The number of hydrogen-bond acceptors (Lipinski definition) is 1. The summed E-state index contributed by atoms with van der Waals surface area (Å²) in [5.74, 6) is 0.942. The van der Waals surface area contributed by atoms with E-state index in [2.05, 4.69) is 0 Å². The molecular weight excluding hydrogens is 190 g/mol. The van der Waals surface area contributed by atoms with Crippen molar-refractivity contribution < 1.29 is 9.90 Å². The van der Waals surface area contributed by atoms with Crippen LogP contribution in [0.4, 0.5) is 4.79 Å². The Hall–Kier alpha value is -0.440. The van der Waals surface area contributed by atoms with Gasteiger partial charge in [-0.1, -0.05) is 6.92 Å². The van der Waals surface area contributed by atoms with Gasteiger partial charge in [0, 0.05) is 12.4 Å². The van der Waals surface area contributed by atoms with Gasteiger partial charge < -0.3 is 10.0 Å². The molecule has 1 atom stereocenters. The molecular formula is C9H16ClNO2. The number of alkyl halides is 1. The van der Waals surface area contributed by atoms with Gasteiger partial charge in [-0.25, -0.2) is 4.79 Å². The molecule has 1 amide bonds. The molecule has 0 bridgehead atoms. The summed E-state index contributed by atoms with van der Waals surface area (Å²) in [6.45, 7) is 2.58. The minimum absolute atomic E-state index is 0.0408. The third-order valence-electron chi connectivity index (χ3n) is 2.43. The molecule has 1 aliphatic carbocycles. The van der Waals surface area contributed by atoms with Gasteiger partial charge in [-0.2, -0.15) is 0 Å². The molecule has 1 unspecified atom stereocenters. The van der Waals surface area contributed by atoms with Gasteiger partial charge in [0.2, 0.25) is 0 Å². The summed E-state index contributed by atoms with van der Waals surface area (Å²) in [4.78, 5) is 12.4. The molecule has 0 spiro atoms. The standard InChI is InChI=1S/C9H16ClNO2/c1-2-5-11(9(12)13)8(6-10)7-3-4-7/h7-8H,2-6H2,1H3,(H,12,13). The fraction of sp³-hybridized carbons (Fsp3) is 0.889. The van der Waals surface area contributed by atoms with Crippen molar-refractivity contribution >= 4 is 17.7 Å². The van der Waals surface area contributed by atoms with E-state index in [4.69, 9.17) is 16.7 Å². The van der Waals surface area contributed by atoms with Crippen LogP contribution in [0.3, 0.4) is 0 Å². The molecule has 0 heterocycles. The van der Waals surface area contributed by atoms with E-state index < -0.39 is 6.09 Å². The number of halogens is 1. The highest BCUT2D eigenvalue weighted by molar-refractivity contribution is 6.18. The first-order chi connectivity index (χ1) is 6.20. The van der Waals surface area contributed by atoms with E-state index in [1.165, 1.54) is 4.90 Å². The summed E-state index contributed by atoms with van der Waals surface area (Å²) in [5, 5.41) is 8.95. The molecule has 0 saturated heterocycles. The van der Waals surface area contributed by atoms with E-state index in [1.807, 2.05) is 6.92 Å². The Bertz CT molecular complexity index is 182. The molecule has 0 aromatic heterocycles. The molecule has 0 aliphatic heterocycles. The summed E-state index contributed by atoms with van der Waals surface area (Å²) >= 11 is 5.77. The zero-order valence-corrected chi connectivity index (χ0v) is 8.63. The van der Waals surface area contributed by atoms with Crippen LogP contribution < -0.4 is 0 Å². The molecule has 1 fully saturated rings. The average Bonchev–Trinajstić information content (AvgIpc) is 2.88. The number of amides is 1. The molecule has 1 rings (SSSR count). The molecule has 0 aromatic rings. The lowest BCUT2D eigenvalue weighted by Gasteiger charge is -2.27. The predicted octanol–water partition coefficient (Wildman–Crippen LogP) is 2.39. The minimum Gasteiger partial charge on any atom is -0.465 e. The van der Waals surface area contributed by atoms with Crippen LogP contribution in [-0.4, -0.2) is 34.6 Å². The van der Waals surface area contributed by atoms with Crippen LogP contribution in [-0.2, 0) is 0 Å². The Balaban J connectivity index is 2.53. The van der Waals surface area contributed by atoms with Crippen molar-refractivity contribution in [3.05, 3.63) is 0 Å². The Labute approximate surface area is 83.7 Å². The zero-order valence-electron chi connectivity index (χ0n) is 7.87. The average molecular weight is 206 g/mol. The summed E-state index contributed by atoms with van der Waals surface area (Å²) in [7, 11) is 0. The van der Waals surface area contributed by atoms with Crippen molar-refractivity contribution in [2.24, 2.45) is 5.92 Å². The smallest absolute Gasteiger partial charge is 0.407 e. The number of rotatable bonds is 5. The van der Waals surface area contributed by atoms with Crippen molar-refractivity contribution in [1.29, 1.82) is 0 Å². The summed E-state index contributed by atoms with van der Waals surface area (Å²) in [6.07, 6.45) is 2.28. The van der Waals surface area contributed by atoms with E-state index in [9.17, 15) is 4.79 Å². The van der Waals surface area contributed by atoms with E-state index in [1.54, 1.807) is 0 Å². The summed E-state index contributed by atoms with van der Waals surface area (Å²) in [5.41, 5.74) is 0. The Morgan fingerprint density at radius 1 is 1.69 bits per heavy atom. The third kappa shape index (κ3) is 2.76. The van der Waals surface area contributed by atoms with Gasteiger partial charge >= 0.3 is 6.09 Å². The van der Waals surface area contributed by atoms with Gasteiger partial charge in [0.15, 0.2) is 0 Å². The zero-order chi connectivity index (χ0) is 9.84. The van der Waals surface area contributed by atoms with Crippen LogP contribution >= 0.6 is 11.6 Å². The minimum atomic E-state index is -0.834. The normalized spacial score (nSPS) is 18.3. The van der Waals surface area contributed by atoms with Crippen LogP contribution in [0.25, 0.3) is 0 Å². The van der Waals surface area contributed by atoms with Gasteiger partial charge in [-0.15, -0.1) is 11.6 Å². The maximum absolute atomic E-state index is 10.9. The second kappa shape index (κ2) is 4.70. The first-order valence-electron chi connectivity index (χ1n) is 4.76. The summed E-state index contributed by atoms with van der Waals surface area (Å²) < 4.78 is 0. The third-order valence-corrected chi connectivity index (χ3v) is 2.75. The van der Waals surface area contributed by atoms with Gasteiger partial charge in [0.1, 0.15) is 0 Å². The maximum atomic E-state index is 10.9. The van der Waals surface area contributed by atoms with Crippen molar-refractivity contribution in [1.82, 2.24) is 4.90 Å². The first-order valence-corrected chi connectivity index (χ1v) is 5.29. The molecule has 1 N–H and O–H groups in total. The van der Waals surface area contributed by atoms with Crippen LogP contribution in [0.2, 0.25) is 0 Å². The highest BCUT2D eigenvalue weighted by atomic mass is 35.5. The molecule has 1 aliphatic rings. The number of carboxylic acid groups (broad SMARTS) is 1. The number of nitrogens with zero attached hydrogens (tertiary/aromatic N) is 1. The lowest BCUT2D eigenvalue weighted by Crippen LogP contribution is -2.42. The molecule has 76 valence electrons. The van der Waals surface area contributed by atoms with Crippen LogP contribution in [0, 0.1) is 5.92 Å². The maximum Gasteiger partial charge on any atom is 0.407 e. The Kier molecular flexibility index (Phi) is 3.85. The van der Waals surface area contributed by atoms with E-state index in [0.29, 0.717) is 18.3 Å². The lowest BCUT2D eigenvalue weighted by atomic mass is 10.2. The molecule has 0 aromatic carbocycles. The first kappa shape index (κ1) is 10.6. The quantitative estimate of drug-likeness (QED) is 0.701. The Morgan fingerprint density at radius 3 is 2.62 bits per heavy atom. The monoisotopic (exact) mass is 205 g/mol. The van der Waals surface area contributed by atoms with Crippen LogP contribution in [0.15, 0.2) is 0 Å². The SMILES string of the molecule is CCCN(C(=O)O)C(CCl)C1CC1. The molecule has 13 heavy (non-hydrogen) atoms. The topological polar surface area (TPSA) is 40.5 Å². The molecule has 4 heteroatoms. The van der Waals surface area contributed by atoms with E-state index in [-0.39, 0.29) is 6.04 Å². The van der Waals surface area contributed by atoms with Crippen molar-refractivity contribution in [3.8, 4) is 0 Å². The summed E-state index contributed by atoms with van der Waals surface area (Å²) in [6, 6.07) is 0.0408. The van der Waals surface area contributed by atoms with Gasteiger partial charge in [0.05, 0.1) is 6.04 Å². The van der Waals surface area contributed by atoms with Crippen LogP contribution in [0.5, 0.6) is 0 Å². The fourth-order valence-electron chi connectivity index (χ4n) is 1.59. The highest BCUT2D eigenvalue weighted by Gasteiger charge is 2.36. The van der Waals surface area contributed by atoms with Crippen molar-refractivity contribution in [2.75, 3.05) is 12.4 Å². The molecule has 1 saturated carbocycles. The van der Waals surface area contributed by atoms with Crippen LogP contribution in [0.1, 0.15) is 26.2 Å². The van der Waals surface area contributed by atoms with E-state index in [0.717, 1.165) is 19.3 Å². The number of carbonyl (C=O) groups is 1. The van der Waals surface area contributed by atoms with Gasteiger partial charge in [-0.05, 0) is 25.2 Å². The predicted molar refractivity (Wildman–Crippen MR) is 52.3 cm³/mol. The second-order valence-electron chi connectivity index (χ2n) is 3.54. The largest absolute Gasteiger partial charge is 0.465 e. The van der Waals surface area contributed by atoms with Gasteiger partial charge in [0.25, 0.3) is 0 Å². The van der Waals surface area contributed by atoms with Crippen molar-refractivity contribution in [2.45, 2.75) is 32.2 Å². The fourth-order valence-corrected chi connectivity index (χ4v) is 2.01. The Morgan fingerprint density at radius 2 is 2.31 bits per heavy atom. The lowest BCUT2D eigenvalue weighted by molar-refractivity contribution is 0.123.